The zero-order valence-corrected chi connectivity index (χ0v) is 8.24. The van der Waals surface area contributed by atoms with Gasteiger partial charge in [-0.2, -0.15) is 0 Å². The first-order valence-corrected chi connectivity index (χ1v) is 4.22. The Bertz CT molecular complexity index is 460. The van der Waals surface area contributed by atoms with Gasteiger partial charge in [0.15, 0.2) is 5.78 Å². The predicted molar refractivity (Wildman–Crippen MR) is 52.5 cm³/mol. The second kappa shape index (κ2) is 4.21. The van der Waals surface area contributed by atoms with Crippen LogP contribution in [0, 0.1) is 10.1 Å². The number of alkyl halides is 2. The van der Waals surface area contributed by atoms with Crippen LogP contribution in [-0.4, -0.2) is 10.7 Å². The van der Waals surface area contributed by atoms with Crippen molar-refractivity contribution in [1.29, 1.82) is 0 Å². The van der Waals surface area contributed by atoms with Crippen LogP contribution in [0.3, 0.4) is 0 Å². The molecule has 1 aromatic carbocycles. The van der Waals surface area contributed by atoms with Crippen LogP contribution in [0.25, 0.3) is 0 Å². The van der Waals surface area contributed by atoms with Gasteiger partial charge in [-0.25, -0.2) is 8.78 Å². The average molecular weight is 230 g/mol. The molecule has 0 atom stereocenters. The van der Waals surface area contributed by atoms with Gasteiger partial charge in [-0.05, 0) is 13.0 Å². The van der Waals surface area contributed by atoms with Gasteiger partial charge in [-0.3, -0.25) is 14.9 Å². The van der Waals surface area contributed by atoms with E-state index in [9.17, 15) is 23.7 Å². The maximum absolute atomic E-state index is 12.4. The number of nitro benzene ring substituents is 1. The van der Waals surface area contributed by atoms with Gasteiger partial charge in [0.1, 0.15) is 5.56 Å². The van der Waals surface area contributed by atoms with Crippen molar-refractivity contribution >= 4 is 17.2 Å². The molecule has 0 aromatic heterocycles. The van der Waals surface area contributed by atoms with Gasteiger partial charge in [0, 0.05) is 11.6 Å². The Kier molecular flexibility index (Phi) is 3.17. The molecule has 0 saturated carbocycles. The molecular weight excluding hydrogens is 222 g/mol. The molecule has 1 rings (SSSR count). The minimum absolute atomic E-state index is 0.470. The fourth-order valence-corrected chi connectivity index (χ4v) is 1.34. The molecule has 0 unspecified atom stereocenters. The smallest absolute Gasteiger partial charge is 0.282 e. The molecule has 5 nitrogen and oxygen atoms in total. The Hall–Kier alpha value is -2.05. The van der Waals surface area contributed by atoms with E-state index in [4.69, 9.17) is 5.73 Å². The highest BCUT2D eigenvalue weighted by Crippen LogP contribution is 2.33. The quantitative estimate of drug-likeness (QED) is 0.373. The van der Waals surface area contributed by atoms with E-state index in [0.717, 1.165) is 19.1 Å². The molecule has 0 amide bonds. The molecule has 0 aliphatic carbocycles. The number of nitrogens with zero attached hydrogens (tertiary/aromatic N) is 1. The van der Waals surface area contributed by atoms with Crippen molar-refractivity contribution in [2.75, 3.05) is 5.73 Å². The van der Waals surface area contributed by atoms with Crippen molar-refractivity contribution in [1.82, 2.24) is 0 Å². The standard InChI is InChI=1S/C9H8F2N2O3/c1-4(14)7-6(13(15)16)3-2-5(8(7)12)9(10)11/h2-3,9H,12H2,1H3. The summed E-state index contributed by atoms with van der Waals surface area (Å²) >= 11 is 0. The van der Waals surface area contributed by atoms with E-state index < -0.39 is 39.6 Å². The first-order chi connectivity index (χ1) is 7.36. The summed E-state index contributed by atoms with van der Waals surface area (Å²) in [5, 5.41) is 10.6. The van der Waals surface area contributed by atoms with E-state index in [-0.39, 0.29) is 0 Å². The van der Waals surface area contributed by atoms with Crippen LogP contribution in [0.1, 0.15) is 29.3 Å². The summed E-state index contributed by atoms with van der Waals surface area (Å²) in [6.07, 6.45) is -2.88. The highest BCUT2D eigenvalue weighted by Gasteiger charge is 2.25. The van der Waals surface area contributed by atoms with Crippen molar-refractivity contribution in [3.05, 3.63) is 33.4 Å². The number of carbonyl (C=O) groups excluding carboxylic acids is 1. The summed E-state index contributed by atoms with van der Waals surface area (Å²) in [5.74, 6) is -0.716. The largest absolute Gasteiger partial charge is 0.398 e. The zero-order chi connectivity index (χ0) is 12.5. The lowest BCUT2D eigenvalue weighted by molar-refractivity contribution is -0.385. The van der Waals surface area contributed by atoms with Crippen LogP contribution >= 0.6 is 0 Å². The van der Waals surface area contributed by atoms with Crippen LogP contribution in [-0.2, 0) is 0 Å². The summed E-state index contributed by atoms with van der Waals surface area (Å²) in [5.41, 5.74) is 3.18. The van der Waals surface area contributed by atoms with Crippen LogP contribution in [0.2, 0.25) is 0 Å². The fourth-order valence-electron chi connectivity index (χ4n) is 1.34. The Morgan fingerprint density at radius 3 is 2.44 bits per heavy atom. The third-order valence-corrected chi connectivity index (χ3v) is 2.04. The normalized spacial score (nSPS) is 10.5. The summed E-state index contributed by atoms with van der Waals surface area (Å²) in [6, 6.07) is 1.71. The molecule has 0 bridgehead atoms. The topological polar surface area (TPSA) is 86.2 Å². The summed E-state index contributed by atoms with van der Waals surface area (Å²) in [4.78, 5) is 20.9. The van der Waals surface area contributed by atoms with Crippen molar-refractivity contribution in [3.8, 4) is 0 Å². The van der Waals surface area contributed by atoms with E-state index in [1.165, 1.54) is 0 Å². The van der Waals surface area contributed by atoms with Crippen molar-refractivity contribution in [3.63, 3.8) is 0 Å². The van der Waals surface area contributed by atoms with Crippen molar-refractivity contribution in [2.45, 2.75) is 13.3 Å². The molecule has 0 saturated heterocycles. The number of nitrogen functional groups attached to an aromatic ring is 1. The van der Waals surface area contributed by atoms with E-state index in [1.54, 1.807) is 0 Å². The molecule has 16 heavy (non-hydrogen) atoms. The molecule has 0 aliphatic heterocycles. The summed E-state index contributed by atoms with van der Waals surface area (Å²) in [6.45, 7) is 1.04. The molecule has 0 aliphatic rings. The second-order valence-corrected chi connectivity index (χ2v) is 3.08. The number of carbonyl (C=O) groups is 1. The molecule has 1 aromatic rings. The van der Waals surface area contributed by atoms with E-state index in [0.29, 0.717) is 0 Å². The van der Waals surface area contributed by atoms with Gasteiger partial charge in [-0.1, -0.05) is 0 Å². The minimum atomic E-state index is -2.88. The van der Waals surface area contributed by atoms with Crippen LogP contribution in [0.4, 0.5) is 20.2 Å². The Balaban J connectivity index is 3.54. The lowest BCUT2D eigenvalue weighted by Crippen LogP contribution is -2.08. The number of rotatable bonds is 3. The maximum Gasteiger partial charge on any atom is 0.282 e. The van der Waals surface area contributed by atoms with E-state index in [1.807, 2.05) is 0 Å². The lowest BCUT2D eigenvalue weighted by atomic mass is 10.0. The number of Topliss-reactive ketones (excluding diaryl/α,β-unsaturated/α-hetero) is 1. The molecule has 0 fully saturated rings. The zero-order valence-electron chi connectivity index (χ0n) is 8.24. The maximum atomic E-state index is 12.4. The number of hydrogen-bond donors (Lipinski definition) is 1. The number of benzene rings is 1. The number of anilines is 1. The molecule has 86 valence electrons. The molecule has 0 radical (unpaired) electrons. The number of halogens is 2. The SMILES string of the molecule is CC(=O)c1c([N+](=O)[O-])ccc(C(F)F)c1N. The highest BCUT2D eigenvalue weighted by molar-refractivity contribution is 6.03. The van der Waals surface area contributed by atoms with Crippen LogP contribution in [0.15, 0.2) is 12.1 Å². The van der Waals surface area contributed by atoms with E-state index >= 15 is 0 Å². The molecule has 2 N–H and O–H groups in total. The monoisotopic (exact) mass is 230 g/mol. The Morgan fingerprint density at radius 2 is 2.06 bits per heavy atom. The van der Waals surface area contributed by atoms with Crippen LogP contribution < -0.4 is 5.73 Å². The Labute approximate surface area is 89.0 Å². The van der Waals surface area contributed by atoms with Gasteiger partial charge in [0.25, 0.3) is 12.1 Å². The Morgan fingerprint density at radius 1 is 1.50 bits per heavy atom. The lowest BCUT2D eigenvalue weighted by Gasteiger charge is -2.08. The number of nitrogens with two attached hydrogens (primary N) is 1. The third kappa shape index (κ3) is 1.97. The molecule has 0 spiro atoms. The minimum Gasteiger partial charge on any atom is -0.398 e. The van der Waals surface area contributed by atoms with E-state index in [2.05, 4.69) is 0 Å². The fraction of sp³-hybridized carbons (Fsp3) is 0.222. The first-order valence-electron chi connectivity index (χ1n) is 4.22. The van der Waals surface area contributed by atoms with Crippen molar-refractivity contribution in [2.24, 2.45) is 0 Å². The second-order valence-electron chi connectivity index (χ2n) is 3.08. The first kappa shape index (κ1) is 12.0. The van der Waals surface area contributed by atoms with Gasteiger partial charge in [0.05, 0.1) is 10.6 Å². The number of nitro groups is 1. The number of ketones is 1. The summed E-state index contributed by atoms with van der Waals surface area (Å²) in [7, 11) is 0. The average Bonchev–Trinajstić information content (AvgIpc) is 2.15. The van der Waals surface area contributed by atoms with Crippen LogP contribution in [0.5, 0.6) is 0 Å². The number of hydrogen-bond acceptors (Lipinski definition) is 4. The van der Waals surface area contributed by atoms with Crippen molar-refractivity contribution < 1.29 is 18.5 Å². The van der Waals surface area contributed by atoms with Gasteiger partial charge in [0.2, 0.25) is 0 Å². The molecule has 7 heteroatoms. The van der Waals surface area contributed by atoms with Gasteiger partial charge >= 0.3 is 0 Å². The third-order valence-electron chi connectivity index (χ3n) is 2.04. The molecule has 0 heterocycles. The van der Waals surface area contributed by atoms with Gasteiger partial charge < -0.3 is 5.73 Å². The molecular formula is C9H8F2N2O3. The highest BCUT2D eigenvalue weighted by atomic mass is 19.3. The van der Waals surface area contributed by atoms with Gasteiger partial charge in [-0.15, -0.1) is 0 Å². The summed E-state index contributed by atoms with van der Waals surface area (Å²) < 4.78 is 24.9. The predicted octanol–water partition coefficient (Wildman–Crippen LogP) is 2.32.